The second-order valence-corrected chi connectivity index (χ2v) is 4.68. The first-order valence-corrected chi connectivity index (χ1v) is 6.72. The minimum absolute atomic E-state index is 0.245. The number of benzene rings is 1. The molecule has 3 nitrogen and oxygen atoms in total. The summed E-state index contributed by atoms with van der Waals surface area (Å²) in [4.78, 5) is 11.7. The third-order valence-electron chi connectivity index (χ3n) is 2.41. The van der Waals surface area contributed by atoms with Gasteiger partial charge in [-0.05, 0) is 31.5 Å². The average molecular weight is 290 g/mol. The van der Waals surface area contributed by atoms with Crippen LogP contribution in [0.2, 0.25) is 10.0 Å². The van der Waals surface area contributed by atoms with Crippen LogP contribution in [0.1, 0.15) is 26.7 Å². The van der Waals surface area contributed by atoms with Gasteiger partial charge in [-0.3, -0.25) is 0 Å². The van der Waals surface area contributed by atoms with Crippen LogP contribution in [0.3, 0.4) is 0 Å². The smallest absolute Gasteiger partial charge is 0.328 e. The number of carbonyl (C=O) groups excluding carboxylic acids is 1. The fourth-order valence-corrected chi connectivity index (χ4v) is 1.87. The first kappa shape index (κ1) is 15.1. The Morgan fingerprint density at radius 3 is 2.61 bits per heavy atom. The maximum absolute atomic E-state index is 11.7. The number of hydrogen-bond acceptors (Lipinski definition) is 3. The fourth-order valence-electron chi connectivity index (χ4n) is 1.57. The summed E-state index contributed by atoms with van der Waals surface area (Å²) in [6, 6.07) is 4.83. The standard InChI is InChI=1S/C13H17Cl2NO2/c1-3-5-12(13(17)18-4-2)16-9-6-7-10(14)11(15)8-9/h6-8,12,16H,3-5H2,1-2H3. The number of anilines is 1. The van der Waals surface area contributed by atoms with E-state index in [0.29, 0.717) is 23.1 Å². The van der Waals surface area contributed by atoms with Crippen LogP contribution in [0.25, 0.3) is 0 Å². The van der Waals surface area contributed by atoms with Gasteiger partial charge in [0.15, 0.2) is 0 Å². The summed E-state index contributed by atoms with van der Waals surface area (Å²) < 4.78 is 5.02. The minimum atomic E-state index is -0.354. The summed E-state index contributed by atoms with van der Waals surface area (Å²) in [5.41, 5.74) is 0.760. The predicted molar refractivity (Wildman–Crippen MR) is 75.4 cm³/mol. The van der Waals surface area contributed by atoms with Crippen LogP contribution in [0, 0.1) is 0 Å². The van der Waals surface area contributed by atoms with Crippen molar-refractivity contribution < 1.29 is 9.53 Å². The lowest BCUT2D eigenvalue weighted by Crippen LogP contribution is -2.31. The molecule has 1 unspecified atom stereocenters. The highest BCUT2D eigenvalue weighted by Crippen LogP contribution is 2.25. The first-order valence-electron chi connectivity index (χ1n) is 5.96. The molecule has 1 aromatic rings. The van der Waals surface area contributed by atoms with E-state index in [0.717, 1.165) is 12.1 Å². The lowest BCUT2D eigenvalue weighted by molar-refractivity contribution is -0.144. The number of hydrogen-bond donors (Lipinski definition) is 1. The molecule has 0 radical (unpaired) electrons. The molecule has 1 N–H and O–H groups in total. The monoisotopic (exact) mass is 289 g/mol. The summed E-state index contributed by atoms with van der Waals surface area (Å²) in [6.45, 7) is 4.19. The number of ether oxygens (including phenoxy) is 1. The van der Waals surface area contributed by atoms with Crippen LogP contribution in [0.15, 0.2) is 18.2 Å². The van der Waals surface area contributed by atoms with Crippen LogP contribution in [0.5, 0.6) is 0 Å². The number of esters is 1. The summed E-state index contributed by atoms with van der Waals surface area (Å²) in [5.74, 6) is -0.245. The summed E-state index contributed by atoms with van der Waals surface area (Å²) >= 11 is 11.8. The van der Waals surface area contributed by atoms with Crippen molar-refractivity contribution in [2.75, 3.05) is 11.9 Å². The zero-order valence-electron chi connectivity index (χ0n) is 10.5. The Bertz CT molecular complexity index is 410. The van der Waals surface area contributed by atoms with Crippen molar-refractivity contribution in [3.05, 3.63) is 28.2 Å². The number of carbonyl (C=O) groups is 1. The second-order valence-electron chi connectivity index (χ2n) is 3.87. The van der Waals surface area contributed by atoms with Gasteiger partial charge in [0.2, 0.25) is 0 Å². The molecule has 0 bridgehead atoms. The van der Waals surface area contributed by atoms with Crippen molar-refractivity contribution >= 4 is 34.9 Å². The maximum Gasteiger partial charge on any atom is 0.328 e. The van der Waals surface area contributed by atoms with Gasteiger partial charge >= 0.3 is 5.97 Å². The first-order chi connectivity index (χ1) is 8.58. The Morgan fingerprint density at radius 1 is 1.33 bits per heavy atom. The van der Waals surface area contributed by atoms with Crippen molar-refractivity contribution in [2.24, 2.45) is 0 Å². The molecule has 0 fully saturated rings. The van der Waals surface area contributed by atoms with Crippen molar-refractivity contribution in [3.63, 3.8) is 0 Å². The van der Waals surface area contributed by atoms with E-state index in [9.17, 15) is 4.79 Å². The second kappa shape index (κ2) is 7.49. The Balaban J connectivity index is 2.76. The van der Waals surface area contributed by atoms with Crippen LogP contribution in [-0.4, -0.2) is 18.6 Å². The molecule has 0 heterocycles. The quantitative estimate of drug-likeness (QED) is 0.800. The van der Waals surface area contributed by atoms with Gasteiger partial charge in [0.1, 0.15) is 6.04 Å². The average Bonchev–Trinajstić information content (AvgIpc) is 2.33. The van der Waals surface area contributed by atoms with Crippen molar-refractivity contribution in [1.82, 2.24) is 0 Å². The van der Waals surface area contributed by atoms with Crippen molar-refractivity contribution in [1.29, 1.82) is 0 Å². The molecule has 1 aromatic carbocycles. The fraction of sp³-hybridized carbons (Fsp3) is 0.462. The summed E-state index contributed by atoms with van der Waals surface area (Å²) in [7, 11) is 0. The van der Waals surface area contributed by atoms with Crippen molar-refractivity contribution in [2.45, 2.75) is 32.7 Å². The summed E-state index contributed by atoms with van der Waals surface area (Å²) in [5, 5.41) is 4.07. The van der Waals surface area contributed by atoms with Gasteiger partial charge in [-0.1, -0.05) is 36.5 Å². The van der Waals surface area contributed by atoms with E-state index < -0.39 is 0 Å². The van der Waals surface area contributed by atoms with E-state index in [1.807, 2.05) is 6.92 Å². The number of nitrogens with one attached hydrogen (secondary N) is 1. The van der Waals surface area contributed by atoms with Gasteiger partial charge in [-0.2, -0.15) is 0 Å². The highest BCUT2D eigenvalue weighted by Gasteiger charge is 2.18. The molecule has 18 heavy (non-hydrogen) atoms. The van der Waals surface area contributed by atoms with E-state index in [1.165, 1.54) is 0 Å². The highest BCUT2D eigenvalue weighted by molar-refractivity contribution is 6.42. The number of rotatable bonds is 6. The summed E-state index contributed by atoms with van der Waals surface area (Å²) in [6.07, 6.45) is 1.59. The van der Waals surface area contributed by atoms with Gasteiger partial charge in [-0.15, -0.1) is 0 Å². The molecule has 5 heteroatoms. The van der Waals surface area contributed by atoms with Gasteiger partial charge in [-0.25, -0.2) is 4.79 Å². The number of halogens is 2. The normalized spacial score (nSPS) is 12.0. The highest BCUT2D eigenvalue weighted by atomic mass is 35.5. The Morgan fingerprint density at radius 2 is 2.06 bits per heavy atom. The molecule has 0 saturated carbocycles. The SMILES string of the molecule is CCCC(Nc1ccc(Cl)c(Cl)c1)C(=O)OCC. The van der Waals surface area contributed by atoms with Crippen LogP contribution >= 0.6 is 23.2 Å². The van der Waals surface area contributed by atoms with Crippen LogP contribution in [0.4, 0.5) is 5.69 Å². The molecule has 0 aliphatic heterocycles. The molecular weight excluding hydrogens is 273 g/mol. The topological polar surface area (TPSA) is 38.3 Å². The largest absolute Gasteiger partial charge is 0.464 e. The molecule has 100 valence electrons. The van der Waals surface area contributed by atoms with Crippen molar-refractivity contribution in [3.8, 4) is 0 Å². The Hall–Kier alpha value is -0.930. The van der Waals surface area contributed by atoms with E-state index in [-0.39, 0.29) is 12.0 Å². The van der Waals surface area contributed by atoms with Gasteiger partial charge in [0.05, 0.1) is 16.7 Å². The lowest BCUT2D eigenvalue weighted by atomic mass is 10.1. The molecule has 0 saturated heterocycles. The molecule has 0 spiro atoms. The van der Waals surface area contributed by atoms with E-state index >= 15 is 0 Å². The predicted octanol–water partition coefficient (Wildman–Crippen LogP) is 4.14. The molecular formula is C13H17Cl2NO2. The van der Waals surface area contributed by atoms with E-state index in [4.69, 9.17) is 27.9 Å². The van der Waals surface area contributed by atoms with Gasteiger partial charge in [0.25, 0.3) is 0 Å². The molecule has 1 rings (SSSR count). The third kappa shape index (κ3) is 4.39. The van der Waals surface area contributed by atoms with Crippen LogP contribution in [-0.2, 0) is 9.53 Å². The molecule has 0 aliphatic rings. The Labute approximate surface area is 117 Å². The van der Waals surface area contributed by atoms with E-state index in [1.54, 1.807) is 25.1 Å². The molecule has 1 atom stereocenters. The molecule has 0 aliphatic carbocycles. The van der Waals surface area contributed by atoms with Gasteiger partial charge < -0.3 is 10.1 Å². The maximum atomic E-state index is 11.7. The lowest BCUT2D eigenvalue weighted by Gasteiger charge is -2.18. The zero-order chi connectivity index (χ0) is 13.5. The van der Waals surface area contributed by atoms with E-state index in [2.05, 4.69) is 5.32 Å². The zero-order valence-corrected chi connectivity index (χ0v) is 12.0. The minimum Gasteiger partial charge on any atom is -0.464 e. The Kier molecular flexibility index (Phi) is 6.30. The van der Waals surface area contributed by atoms with Gasteiger partial charge in [0, 0.05) is 5.69 Å². The molecule has 0 aromatic heterocycles. The third-order valence-corrected chi connectivity index (χ3v) is 3.15. The van der Waals surface area contributed by atoms with Crippen LogP contribution < -0.4 is 5.32 Å². The molecule has 0 amide bonds.